The zero-order valence-electron chi connectivity index (χ0n) is 15.4. The van der Waals surface area contributed by atoms with Crippen LogP contribution in [0.2, 0.25) is 0 Å². The quantitative estimate of drug-likeness (QED) is 0.307. The van der Waals surface area contributed by atoms with Crippen molar-refractivity contribution in [3.8, 4) is 33.4 Å². The maximum absolute atomic E-state index is 2.33. The predicted molar refractivity (Wildman–Crippen MR) is 113 cm³/mol. The molecule has 0 heteroatoms. The first-order valence-electron chi connectivity index (χ1n) is 9.72. The van der Waals surface area contributed by atoms with Gasteiger partial charge in [-0.1, -0.05) is 78.9 Å². The van der Waals surface area contributed by atoms with E-state index in [1.165, 1.54) is 61.2 Å². The highest BCUT2D eigenvalue weighted by Crippen LogP contribution is 2.47. The molecule has 0 unspecified atom stereocenters. The molecule has 0 radical (unpaired) electrons. The van der Waals surface area contributed by atoms with E-state index in [0.717, 1.165) is 12.8 Å². The molecule has 0 fully saturated rings. The van der Waals surface area contributed by atoms with Crippen LogP contribution in [0.25, 0.3) is 33.4 Å². The highest BCUT2D eigenvalue weighted by molar-refractivity contribution is 5.91. The van der Waals surface area contributed by atoms with Crippen molar-refractivity contribution in [2.75, 3.05) is 0 Å². The number of hydrogen-bond acceptors (Lipinski definition) is 0. The molecular formula is C27H20. The van der Waals surface area contributed by atoms with Crippen LogP contribution in [0.5, 0.6) is 0 Å². The zero-order valence-corrected chi connectivity index (χ0v) is 15.4. The van der Waals surface area contributed by atoms with E-state index in [4.69, 9.17) is 0 Å². The fourth-order valence-electron chi connectivity index (χ4n) is 5.10. The molecule has 27 heavy (non-hydrogen) atoms. The number of benzene rings is 4. The Labute approximate surface area is 160 Å². The molecule has 0 nitrogen and oxygen atoms in total. The minimum absolute atomic E-state index is 1.04. The molecule has 0 saturated heterocycles. The summed E-state index contributed by atoms with van der Waals surface area (Å²) < 4.78 is 0. The maximum Gasteiger partial charge on any atom is -0.000718 e. The minimum Gasteiger partial charge on any atom is -0.0619 e. The van der Waals surface area contributed by atoms with Gasteiger partial charge in [0, 0.05) is 0 Å². The fourth-order valence-corrected chi connectivity index (χ4v) is 5.10. The number of rotatable bonds is 1. The van der Waals surface area contributed by atoms with Crippen LogP contribution in [0.15, 0.2) is 78.9 Å². The molecule has 0 heterocycles. The summed E-state index contributed by atoms with van der Waals surface area (Å²) in [7, 11) is 0. The summed E-state index contributed by atoms with van der Waals surface area (Å²) >= 11 is 0. The molecule has 4 aromatic rings. The molecule has 0 aliphatic heterocycles. The Hall–Kier alpha value is -3.12. The lowest BCUT2D eigenvalue weighted by molar-refractivity contribution is 1.22. The standard InChI is InChI=1S/C27H20/c1-17-13-14-23-21-10-5-3-8-19(21)16-26(23)27(17)24-12-6-11-22-20-9-4-2-7-18(20)15-25(22)24/h2-14H,15-16H2,1H3. The second-order valence-electron chi connectivity index (χ2n) is 7.78. The fraction of sp³-hybridized carbons (Fsp3) is 0.111. The summed E-state index contributed by atoms with van der Waals surface area (Å²) in [4.78, 5) is 0. The summed E-state index contributed by atoms with van der Waals surface area (Å²) in [6.45, 7) is 2.26. The third kappa shape index (κ3) is 2.04. The van der Waals surface area contributed by atoms with E-state index in [-0.39, 0.29) is 0 Å². The molecule has 2 aliphatic carbocycles. The molecule has 128 valence electrons. The van der Waals surface area contributed by atoms with Crippen molar-refractivity contribution in [2.24, 2.45) is 0 Å². The molecule has 0 aromatic heterocycles. The Morgan fingerprint density at radius 1 is 0.481 bits per heavy atom. The van der Waals surface area contributed by atoms with Crippen molar-refractivity contribution in [1.82, 2.24) is 0 Å². The first-order valence-corrected chi connectivity index (χ1v) is 9.72. The van der Waals surface area contributed by atoms with Crippen molar-refractivity contribution in [2.45, 2.75) is 19.8 Å². The molecule has 0 saturated carbocycles. The Morgan fingerprint density at radius 3 is 1.78 bits per heavy atom. The largest absolute Gasteiger partial charge is 0.0619 e. The Kier molecular flexibility index (Phi) is 3.02. The number of aryl methyl sites for hydroxylation is 1. The monoisotopic (exact) mass is 344 g/mol. The first-order chi connectivity index (χ1) is 13.3. The average molecular weight is 344 g/mol. The average Bonchev–Trinajstić information content (AvgIpc) is 3.26. The van der Waals surface area contributed by atoms with Gasteiger partial charge in [-0.3, -0.25) is 0 Å². The highest BCUT2D eigenvalue weighted by atomic mass is 14.3. The van der Waals surface area contributed by atoms with Crippen LogP contribution in [0.1, 0.15) is 27.8 Å². The van der Waals surface area contributed by atoms with E-state index in [0.29, 0.717) is 0 Å². The third-order valence-electron chi connectivity index (χ3n) is 6.32. The van der Waals surface area contributed by atoms with Crippen LogP contribution in [-0.4, -0.2) is 0 Å². The van der Waals surface area contributed by atoms with Gasteiger partial charge in [0.1, 0.15) is 0 Å². The Bertz CT molecular complexity index is 1230. The van der Waals surface area contributed by atoms with Crippen molar-refractivity contribution in [3.63, 3.8) is 0 Å². The lowest BCUT2D eigenvalue weighted by Gasteiger charge is -2.16. The van der Waals surface area contributed by atoms with E-state index in [1.807, 2.05) is 0 Å². The highest BCUT2D eigenvalue weighted by Gasteiger charge is 2.26. The van der Waals surface area contributed by atoms with Gasteiger partial charge in [0.05, 0.1) is 0 Å². The van der Waals surface area contributed by atoms with E-state index in [9.17, 15) is 0 Å². The summed E-state index contributed by atoms with van der Waals surface area (Å²) in [6, 6.07) is 29.2. The molecule has 6 rings (SSSR count). The van der Waals surface area contributed by atoms with E-state index >= 15 is 0 Å². The van der Waals surface area contributed by atoms with Crippen LogP contribution in [0.4, 0.5) is 0 Å². The SMILES string of the molecule is Cc1ccc2c(c1-c1cccc3c1Cc1ccccc1-3)Cc1ccccc1-2. The van der Waals surface area contributed by atoms with Gasteiger partial charge in [-0.05, 0) is 81.0 Å². The molecular weight excluding hydrogens is 324 g/mol. The smallest absolute Gasteiger partial charge is 0.000718 e. The Balaban J connectivity index is 1.61. The van der Waals surface area contributed by atoms with Gasteiger partial charge in [-0.2, -0.15) is 0 Å². The third-order valence-corrected chi connectivity index (χ3v) is 6.32. The van der Waals surface area contributed by atoms with Gasteiger partial charge in [-0.25, -0.2) is 0 Å². The lowest BCUT2D eigenvalue weighted by Crippen LogP contribution is -1.96. The molecule has 4 aromatic carbocycles. The van der Waals surface area contributed by atoms with Gasteiger partial charge in [-0.15, -0.1) is 0 Å². The zero-order chi connectivity index (χ0) is 18.0. The molecule has 0 spiro atoms. The molecule has 0 amide bonds. The minimum atomic E-state index is 1.04. The van der Waals surface area contributed by atoms with Gasteiger partial charge < -0.3 is 0 Å². The molecule has 0 bridgehead atoms. The van der Waals surface area contributed by atoms with Crippen LogP contribution in [0.3, 0.4) is 0 Å². The van der Waals surface area contributed by atoms with Crippen LogP contribution < -0.4 is 0 Å². The second-order valence-corrected chi connectivity index (χ2v) is 7.78. The maximum atomic E-state index is 2.33. The normalized spacial score (nSPS) is 13.1. The van der Waals surface area contributed by atoms with E-state index < -0.39 is 0 Å². The van der Waals surface area contributed by atoms with Gasteiger partial charge in [0.25, 0.3) is 0 Å². The summed E-state index contributed by atoms with van der Waals surface area (Å²) in [5.74, 6) is 0. The van der Waals surface area contributed by atoms with Crippen molar-refractivity contribution >= 4 is 0 Å². The van der Waals surface area contributed by atoms with Gasteiger partial charge in [0.2, 0.25) is 0 Å². The summed E-state index contributed by atoms with van der Waals surface area (Å²) in [5, 5.41) is 0. The summed E-state index contributed by atoms with van der Waals surface area (Å²) in [6.07, 6.45) is 2.08. The lowest BCUT2D eigenvalue weighted by atomic mass is 9.87. The molecule has 0 atom stereocenters. The van der Waals surface area contributed by atoms with E-state index in [1.54, 1.807) is 0 Å². The Morgan fingerprint density at radius 2 is 1.04 bits per heavy atom. The topological polar surface area (TPSA) is 0 Å². The van der Waals surface area contributed by atoms with Crippen LogP contribution in [-0.2, 0) is 12.8 Å². The van der Waals surface area contributed by atoms with Gasteiger partial charge >= 0.3 is 0 Å². The van der Waals surface area contributed by atoms with Gasteiger partial charge in [0.15, 0.2) is 0 Å². The van der Waals surface area contributed by atoms with Crippen molar-refractivity contribution in [1.29, 1.82) is 0 Å². The number of fused-ring (bicyclic) bond motifs is 6. The van der Waals surface area contributed by atoms with Crippen molar-refractivity contribution in [3.05, 3.63) is 107 Å². The van der Waals surface area contributed by atoms with E-state index in [2.05, 4.69) is 85.8 Å². The molecule has 2 aliphatic rings. The first kappa shape index (κ1) is 15.0. The number of hydrogen-bond donors (Lipinski definition) is 0. The predicted octanol–water partition coefficient (Wildman–Crippen LogP) is 6.80. The second kappa shape index (κ2) is 5.44. The van der Waals surface area contributed by atoms with Crippen molar-refractivity contribution < 1.29 is 0 Å². The van der Waals surface area contributed by atoms with Crippen LogP contribution in [0, 0.1) is 6.92 Å². The van der Waals surface area contributed by atoms with Crippen LogP contribution >= 0.6 is 0 Å². The molecule has 0 N–H and O–H groups in total. The summed E-state index contributed by atoms with van der Waals surface area (Å²) in [5.41, 5.74) is 15.8.